The summed E-state index contributed by atoms with van der Waals surface area (Å²) >= 11 is 5.96. The lowest BCUT2D eigenvalue weighted by Crippen LogP contribution is -2.15. The largest absolute Gasteiger partial charge is 0.497 e. The number of carbonyl (C=O) groups is 1. The second-order valence-electron chi connectivity index (χ2n) is 6.37. The maximum atomic E-state index is 12.5. The van der Waals surface area contributed by atoms with Crippen molar-refractivity contribution in [3.63, 3.8) is 0 Å². The number of anilines is 2. The maximum Gasteiger partial charge on any atom is 0.274 e. The number of halogens is 1. The Morgan fingerprint density at radius 1 is 1.11 bits per heavy atom. The molecule has 2 N–H and O–H groups in total. The molecule has 1 aromatic heterocycles. The van der Waals surface area contributed by atoms with Crippen molar-refractivity contribution in [2.24, 2.45) is 0 Å². The quantitative estimate of drug-likeness (QED) is 0.593. The van der Waals surface area contributed by atoms with E-state index in [1.807, 2.05) is 43.3 Å². The third-order valence-corrected chi connectivity index (χ3v) is 4.57. The number of pyridine rings is 1. The van der Waals surface area contributed by atoms with Crippen LogP contribution in [0.25, 0.3) is 0 Å². The van der Waals surface area contributed by atoms with Crippen LogP contribution in [0.2, 0.25) is 5.02 Å². The lowest BCUT2D eigenvalue weighted by Gasteiger charge is -2.10. The molecular weight excluding hydrogens is 374 g/mol. The van der Waals surface area contributed by atoms with E-state index in [1.54, 1.807) is 31.5 Å². The van der Waals surface area contributed by atoms with Gasteiger partial charge in [0.2, 0.25) is 0 Å². The van der Waals surface area contributed by atoms with E-state index < -0.39 is 0 Å². The van der Waals surface area contributed by atoms with E-state index >= 15 is 0 Å². The van der Waals surface area contributed by atoms with E-state index in [1.165, 1.54) is 5.56 Å². The number of rotatable bonds is 7. The SMILES string of the molecule is COc1ccc(CCNc2ccnc(C(=O)Nc3ccc(Cl)cc3C)c2)cc1. The second kappa shape index (κ2) is 9.24. The molecule has 0 spiro atoms. The van der Waals surface area contributed by atoms with Gasteiger partial charge in [-0.2, -0.15) is 0 Å². The maximum absolute atomic E-state index is 12.5. The topological polar surface area (TPSA) is 63.2 Å². The van der Waals surface area contributed by atoms with Crippen molar-refractivity contribution in [3.05, 3.63) is 82.6 Å². The van der Waals surface area contributed by atoms with Gasteiger partial charge in [-0.15, -0.1) is 0 Å². The molecule has 0 fully saturated rings. The predicted molar refractivity (Wildman–Crippen MR) is 114 cm³/mol. The monoisotopic (exact) mass is 395 g/mol. The first-order valence-corrected chi connectivity index (χ1v) is 9.33. The Balaban J connectivity index is 1.58. The zero-order valence-electron chi connectivity index (χ0n) is 15.8. The Bertz CT molecular complexity index is 958. The number of aryl methyl sites for hydroxylation is 1. The van der Waals surface area contributed by atoms with Crippen molar-refractivity contribution >= 4 is 28.9 Å². The van der Waals surface area contributed by atoms with Crippen molar-refractivity contribution in [1.82, 2.24) is 4.98 Å². The van der Waals surface area contributed by atoms with Gasteiger partial charge in [-0.1, -0.05) is 23.7 Å². The fraction of sp³-hybridized carbons (Fsp3) is 0.182. The number of hydrogen-bond acceptors (Lipinski definition) is 4. The number of carbonyl (C=O) groups excluding carboxylic acids is 1. The van der Waals surface area contributed by atoms with Crippen molar-refractivity contribution in [2.45, 2.75) is 13.3 Å². The standard InChI is InChI=1S/C22H22ClN3O2/c1-15-13-17(23)5-8-20(15)26-22(27)21-14-18(10-12-25-21)24-11-9-16-3-6-19(28-2)7-4-16/h3-8,10,12-14H,9,11H2,1-2H3,(H,24,25)(H,26,27). The van der Waals surface area contributed by atoms with Gasteiger partial charge in [-0.3, -0.25) is 9.78 Å². The molecule has 0 saturated carbocycles. The van der Waals surface area contributed by atoms with E-state index in [9.17, 15) is 4.79 Å². The average molecular weight is 396 g/mol. The van der Waals surface area contributed by atoms with Gasteiger partial charge >= 0.3 is 0 Å². The van der Waals surface area contributed by atoms with Crippen LogP contribution in [0.3, 0.4) is 0 Å². The number of methoxy groups -OCH3 is 1. The van der Waals surface area contributed by atoms with E-state index in [0.717, 1.165) is 30.0 Å². The van der Waals surface area contributed by atoms with Crippen LogP contribution in [0, 0.1) is 6.92 Å². The van der Waals surface area contributed by atoms with Crippen LogP contribution in [0.5, 0.6) is 5.75 Å². The summed E-state index contributed by atoms with van der Waals surface area (Å²) in [5.41, 5.74) is 4.02. The fourth-order valence-corrected chi connectivity index (χ4v) is 2.99. The van der Waals surface area contributed by atoms with Gasteiger partial charge in [0, 0.05) is 29.1 Å². The number of nitrogens with one attached hydrogen (secondary N) is 2. The first kappa shape index (κ1) is 19.7. The molecule has 0 unspecified atom stereocenters. The van der Waals surface area contributed by atoms with Crippen molar-refractivity contribution in [3.8, 4) is 5.75 Å². The van der Waals surface area contributed by atoms with Crippen LogP contribution in [0.15, 0.2) is 60.8 Å². The van der Waals surface area contributed by atoms with E-state index in [0.29, 0.717) is 16.4 Å². The molecule has 0 aliphatic rings. The summed E-state index contributed by atoms with van der Waals surface area (Å²) in [4.78, 5) is 16.7. The summed E-state index contributed by atoms with van der Waals surface area (Å²) in [6.45, 7) is 2.64. The summed E-state index contributed by atoms with van der Waals surface area (Å²) in [7, 11) is 1.65. The molecule has 6 heteroatoms. The Hall–Kier alpha value is -3.05. The first-order valence-electron chi connectivity index (χ1n) is 8.95. The summed E-state index contributed by atoms with van der Waals surface area (Å²) in [5, 5.41) is 6.84. The molecule has 3 rings (SSSR count). The van der Waals surface area contributed by atoms with Gasteiger partial charge < -0.3 is 15.4 Å². The Labute approximate surface area is 169 Å². The van der Waals surface area contributed by atoms with Crippen LogP contribution in [0.1, 0.15) is 21.6 Å². The van der Waals surface area contributed by atoms with E-state index in [2.05, 4.69) is 15.6 Å². The molecule has 0 aliphatic heterocycles. The zero-order chi connectivity index (χ0) is 19.9. The molecule has 1 amide bonds. The lowest BCUT2D eigenvalue weighted by atomic mass is 10.1. The fourth-order valence-electron chi connectivity index (χ4n) is 2.76. The Morgan fingerprint density at radius 3 is 2.61 bits per heavy atom. The molecule has 0 saturated heterocycles. The Kier molecular flexibility index (Phi) is 6.50. The number of hydrogen-bond donors (Lipinski definition) is 2. The molecule has 3 aromatic rings. The molecule has 28 heavy (non-hydrogen) atoms. The van der Waals surface area contributed by atoms with Crippen LogP contribution in [0.4, 0.5) is 11.4 Å². The zero-order valence-corrected chi connectivity index (χ0v) is 16.6. The highest BCUT2D eigenvalue weighted by Gasteiger charge is 2.10. The van der Waals surface area contributed by atoms with Gasteiger partial charge in [0.05, 0.1) is 7.11 Å². The number of nitrogens with zero attached hydrogens (tertiary/aromatic N) is 1. The van der Waals surface area contributed by atoms with Crippen molar-refractivity contribution in [2.75, 3.05) is 24.3 Å². The number of amides is 1. The molecule has 2 aromatic carbocycles. The van der Waals surface area contributed by atoms with Gasteiger partial charge in [0.15, 0.2) is 0 Å². The number of benzene rings is 2. The molecule has 0 atom stereocenters. The first-order chi connectivity index (χ1) is 13.5. The number of ether oxygens (including phenoxy) is 1. The minimum atomic E-state index is -0.260. The average Bonchev–Trinajstić information content (AvgIpc) is 2.71. The minimum absolute atomic E-state index is 0.260. The second-order valence-corrected chi connectivity index (χ2v) is 6.80. The van der Waals surface area contributed by atoms with E-state index in [-0.39, 0.29) is 5.91 Å². The predicted octanol–water partition coefficient (Wildman–Crippen LogP) is 4.96. The molecule has 144 valence electrons. The minimum Gasteiger partial charge on any atom is -0.497 e. The Morgan fingerprint density at radius 2 is 1.89 bits per heavy atom. The molecular formula is C22H22ClN3O2. The van der Waals surface area contributed by atoms with Gasteiger partial charge in [-0.05, 0) is 66.9 Å². The summed E-state index contributed by atoms with van der Waals surface area (Å²) in [6.07, 6.45) is 2.48. The van der Waals surface area contributed by atoms with Crippen LogP contribution < -0.4 is 15.4 Å². The molecule has 0 aliphatic carbocycles. The summed E-state index contributed by atoms with van der Waals surface area (Å²) < 4.78 is 5.17. The van der Waals surface area contributed by atoms with Crippen LogP contribution >= 0.6 is 11.6 Å². The van der Waals surface area contributed by atoms with Crippen molar-refractivity contribution < 1.29 is 9.53 Å². The molecule has 1 heterocycles. The molecule has 0 bridgehead atoms. The van der Waals surface area contributed by atoms with Crippen molar-refractivity contribution in [1.29, 1.82) is 0 Å². The number of aromatic nitrogens is 1. The highest BCUT2D eigenvalue weighted by molar-refractivity contribution is 6.30. The van der Waals surface area contributed by atoms with Gasteiger partial charge in [0.25, 0.3) is 5.91 Å². The normalized spacial score (nSPS) is 10.4. The van der Waals surface area contributed by atoms with E-state index in [4.69, 9.17) is 16.3 Å². The summed E-state index contributed by atoms with van der Waals surface area (Å²) in [6, 6.07) is 16.9. The third kappa shape index (κ3) is 5.24. The van der Waals surface area contributed by atoms with Crippen LogP contribution in [-0.4, -0.2) is 24.5 Å². The smallest absolute Gasteiger partial charge is 0.274 e. The van der Waals surface area contributed by atoms with Gasteiger partial charge in [0.1, 0.15) is 11.4 Å². The van der Waals surface area contributed by atoms with Gasteiger partial charge in [-0.25, -0.2) is 0 Å². The highest BCUT2D eigenvalue weighted by Crippen LogP contribution is 2.20. The van der Waals surface area contributed by atoms with Crippen LogP contribution in [-0.2, 0) is 6.42 Å². The molecule has 0 radical (unpaired) electrons. The molecule has 5 nitrogen and oxygen atoms in total. The highest BCUT2D eigenvalue weighted by atomic mass is 35.5. The summed E-state index contributed by atoms with van der Waals surface area (Å²) in [5.74, 6) is 0.585. The lowest BCUT2D eigenvalue weighted by molar-refractivity contribution is 0.102. The third-order valence-electron chi connectivity index (χ3n) is 4.33.